The largest absolute Gasteiger partial charge is 0.302 e. The van der Waals surface area contributed by atoms with Gasteiger partial charge in [-0.05, 0) is 29.8 Å². The smallest absolute Gasteiger partial charge is 0.243 e. The fraction of sp³-hybridized carbons (Fsp3) is 0.636. The molecule has 0 aromatic rings. The molecule has 1 unspecified atom stereocenters. The highest BCUT2D eigenvalue weighted by Gasteiger charge is 2.25. The van der Waals surface area contributed by atoms with Gasteiger partial charge in [0.1, 0.15) is 0 Å². The van der Waals surface area contributed by atoms with Gasteiger partial charge in [-0.1, -0.05) is 22.9 Å². The van der Waals surface area contributed by atoms with Gasteiger partial charge < -0.3 is 5.32 Å². The predicted octanol–water partition coefficient (Wildman–Crippen LogP) is 1.46. The second kappa shape index (κ2) is 6.15. The molecule has 90 valence electrons. The van der Waals surface area contributed by atoms with E-state index in [1.165, 1.54) is 5.57 Å². The van der Waals surface area contributed by atoms with E-state index >= 15 is 0 Å². The molecule has 1 aliphatic rings. The zero-order valence-electron chi connectivity index (χ0n) is 9.60. The number of amides is 2. The first-order valence-corrected chi connectivity index (χ1v) is 6.25. The molecule has 1 rings (SSSR count). The molecule has 0 radical (unpaired) electrons. The van der Waals surface area contributed by atoms with Crippen molar-refractivity contribution in [3.63, 3.8) is 0 Å². The molecule has 1 aliphatic heterocycles. The van der Waals surface area contributed by atoms with E-state index in [1.54, 1.807) is 0 Å². The summed E-state index contributed by atoms with van der Waals surface area (Å²) in [7, 11) is 0. The third kappa shape index (κ3) is 3.72. The first-order valence-electron chi connectivity index (χ1n) is 5.45. The summed E-state index contributed by atoms with van der Waals surface area (Å²) in [5, 5.41) is 5.50. The van der Waals surface area contributed by atoms with Crippen molar-refractivity contribution in [1.29, 1.82) is 0 Å². The van der Waals surface area contributed by atoms with E-state index < -0.39 is 0 Å². The normalized spacial score (nSPS) is 22.8. The van der Waals surface area contributed by atoms with Crippen molar-refractivity contribution in [2.24, 2.45) is 0 Å². The maximum absolute atomic E-state index is 11.5. The lowest BCUT2D eigenvalue weighted by Crippen LogP contribution is -2.51. The highest BCUT2D eigenvalue weighted by molar-refractivity contribution is 9.11. The predicted molar refractivity (Wildman–Crippen MR) is 66.1 cm³/mol. The molecular formula is C11H17BrN2O2. The third-order valence-corrected chi connectivity index (χ3v) is 3.28. The number of piperidine rings is 1. The SMILES string of the molecule is CC/C(CNC1CCC(=O)NC1=O)=C(/C)Br. The first-order chi connectivity index (χ1) is 7.54. The van der Waals surface area contributed by atoms with Gasteiger partial charge in [0.15, 0.2) is 0 Å². The van der Waals surface area contributed by atoms with Crippen molar-refractivity contribution in [1.82, 2.24) is 10.6 Å². The monoisotopic (exact) mass is 288 g/mol. The van der Waals surface area contributed by atoms with Crippen LogP contribution in [0.25, 0.3) is 0 Å². The van der Waals surface area contributed by atoms with Crippen LogP contribution >= 0.6 is 15.9 Å². The van der Waals surface area contributed by atoms with Gasteiger partial charge in [-0.3, -0.25) is 14.9 Å². The van der Waals surface area contributed by atoms with Crippen LogP contribution in [0.5, 0.6) is 0 Å². The number of carbonyl (C=O) groups is 2. The lowest BCUT2D eigenvalue weighted by atomic mass is 10.1. The van der Waals surface area contributed by atoms with Gasteiger partial charge >= 0.3 is 0 Å². The minimum Gasteiger partial charge on any atom is -0.302 e. The molecule has 1 heterocycles. The van der Waals surface area contributed by atoms with Crippen LogP contribution in [-0.2, 0) is 9.59 Å². The maximum Gasteiger partial charge on any atom is 0.243 e. The summed E-state index contributed by atoms with van der Waals surface area (Å²) >= 11 is 3.44. The number of carbonyl (C=O) groups excluding carboxylic acids is 2. The Hall–Kier alpha value is -0.680. The van der Waals surface area contributed by atoms with Crippen LogP contribution in [0.15, 0.2) is 10.1 Å². The quantitative estimate of drug-likeness (QED) is 0.770. The van der Waals surface area contributed by atoms with E-state index in [4.69, 9.17) is 0 Å². The van der Waals surface area contributed by atoms with Crippen LogP contribution in [-0.4, -0.2) is 24.4 Å². The van der Waals surface area contributed by atoms with E-state index in [2.05, 4.69) is 33.5 Å². The third-order valence-electron chi connectivity index (χ3n) is 2.71. The Morgan fingerprint density at radius 1 is 1.56 bits per heavy atom. The zero-order chi connectivity index (χ0) is 12.1. The minimum absolute atomic E-state index is 0.175. The number of hydrogen-bond acceptors (Lipinski definition) is 3. The van der Waals surface area contributed by atoms with Gasteiger partial charge in [-0.2, -0.15) is 0 Å². The van der Waals surface area contributed by atoms with Crippen LogP contribution in [0.2, 0.25) is 0 Å². The summed E-state index contributed by atoms with van der Waals surface area (Å²) in [6, 6.07) is -0.244. The molecular weight excluding hydrogens is 272 g/mol. The molecule has 1 atom stereocenters. The number of imide groups is 1. The molecule has 16 heavy (non-hydrogen) atoms. The molecule has 2 N–H and O–H groups in total. The fourth-order valence-corrected chi connectivity index (χ4v) is 2.05. The van der Waals surface area contributed by atoms with Crippen molar-refractivity contribution in [3.8, 4) is 0 Å². The summed E-state index contributed by atoms with van der Waals surface area (Å²) in [6.45, 7) is 4.75. The average Bonchev–Trinajstić information content (AvgIpc) is 2.21. The molecule has 5 heteroatoms. The van der Waals surface area contributed by atoms with E-state index in [-0.39, 0.29) is 17.9 Å². The van der Waals surface area contributed by atoms with Gasteiger partial charge in [-0.15, -0.1) is 0 Å². The van der Waals surface area contributed by atoms with Gasteiger partial charge in [0.25, 0.3) is 0 Å². The fourth-order valence-electron chi connectivity index (χ4n) is 1.63. The number of halogens is 1. The Bertz CT molecular complexity index is 322. The highest BCUT2D eigenvalue weighted by Crippen LogP contribution is 2.14. The highest BCUT2D eigenvalue weighted by atomic mass is 79.9. The number of nitrogens with one attached hydrogen (secondary N) is 2. The topological polar surface area (TPSA) is 58.2 Å². The summed E-state index contributed by atoms with van der Waals surface area (Å²) < 4.78 is 1.11. The Balaban J connectivity index is 2.47. The minimum atomic E-state index is -0.244. The van der Waals surface area contributed by atoms with Crippen molar-refractivity contribution < 1.29 is 9.59 Å². The summed E-state index contributed by atoms with van der Waals surface area (Å²) in [4.78, 5) is 22.4. The molecule has 0 aromatic heterocycles. The van der Waals surface area contributed by atoms with E-state index in [0.29, 0.717) is 19.4 Å². The van der Waals surface area contributed by atoms with Gasteiger partial charge in [-0.25, -0.2) is 0 Å². The van der Waals surface area contributed by atoms with E-state index in [1.807, 2.05) is 6.92 Å². The molecule has 0 spiro atoms. The lowest BCUT2D eigenvalue weighted by molar-refractivity contribution is -0.134. The van der Waals surface area contributed by atoms with Crippen molar-refractivity contribution in [3.05, 3.63) is 10.1 Å². The summed E-state index contributed by atoms with van der Waals surface area (Å²) in [5.41, 5.74) is 1.24. The first kappa shape index (κ1) is 13.4. The molecule has 0 saturated carbocycles. The standard InChI is InChI=1S/C11H17BrN2O2/c1-3-8(7(2)12)6-13-9-4-5-10(15)14-11(9)16/h9,13H,3-6H2,1-2H3,(H,14,15,16)/b8-7+. The van der Waals surface area contributed by atoms with Crippen molar-refractivity contribution in [2.45, 2.75) is 39.2 Å². The number of rotatable bonds is 4. The Morgan fingerprint density at radius 3 is 2.75 bits per heavy atom. The molecule has 0 aromatic carbocycles. The second-order valence-electron chi connectivity index (χ2n) is 3.88. The van der Waals surface area contributed by atoms with Crippen LogP contribution in [0.1, 0.15) is 33.1 Å². The molecule has 0 aliphatic carbocycles. The van der Waals surface area contributed by atoms with Gasteiger partial charge in [0.2, 0.25) is 11.8 Å². The Morgan fingerprint density at radius 2 is 2.25 bits per heavy atom. The second-order valence-corrected chi connectivity index (χ2v) is 5.06. The molecule has 2 amide bonds. The van der Waals surface area contributed by atoms with Gasteiger partial charge in [0.05, 0.1) is 6.04 Å². The summed E-state index contributed by atoms with van der Waals surface area (Å²) in [6.07, 6.45) is 1.95. The van der Waals surface area contributed by atoms with Crippen LogP contribution in [0, 0.1) is 0 Å². The molecule has 1 fully saturated rings. The molecule has 0 bridgehead atoms. The van der Waals surface area contributed by atoms with E-state index in [9.17, 15) is 9.59 Å². The Labute approximate surface area is 104 Å². The summed E-state index contributed by atoms with van der Waals surface area (Å²) in [5.74, 6) is -0.384. The zero-order valence-corrected chi connectivity index (χ0v) is 11.2. The van der Waals surface area contributed by atoms with Crippen molar-refractivity contribution in [2.75, 3.05) is 6.54 Å². The van der Waals surface area contributed by atoms with Crippen LogP contribution < -0.4 is 10.6 Å². The van der Waals surface area contributed by atoms with Crippen molar-refractivity contribution >= 4 is 27.7 Å². The van der Waals surface area contributed by atoms with Crippen LogP contribution in [0.4, 0.5) is 0 Å². The maximum atomic E-state index is 11.5. The Kier molecular flexibility index (Phi) is 5.15. The van der Waals surface area contributed by atoms with Gasteiger partial charge in [0, 0.05) is 13.0 Å². The number of hydrogen-bond donors (Lipinski definition) is 2. The lowest BCUT2D eigenvalue weighted by Gasteiger charge is -2.22. The molecule has 1 saturated heterocycles. The molecule has 4 nitrogen and oxygen atoms in total. The number of allylic oxidation sites excluding steroid dienone is 1. The average molecular weight is 289 g/mol. The van der Waals surface area contributed by atoms with E-state index in [0.717, 1.165) is 10.9 Å². The van der Waals surface area contributed by atoms with Crippen LogP contribution in [0.3, 0.4) is 0 Å².